The number of quaternary nitrogens is 1. The van der Waals surface area contributed by atoms with Crippen molar-refractivity contribution in [3.63, 3.8) is 0 Å². The van der Waals surface area contributed by atoms with E-state index in [2.05, 4.69) is 88.3 Å². The molecule has 0 fully saturated rings. The van der Waals surface area contributed by atoms with Crippen LogP contribution in [0.15, 0.2) is 42.5 Å². The van der Waals surface area contributed by atoms with Crippen LogP contribution in [0.1, 0.15) is 106 Å². The molecule has 0 saturated heterocycles. The Balaban J connectivity index is 2.62. The Bertz CT molecular complexity index is 1000. The van der Waals surface area contributed by atoms with Crippen molar-refractivity contribution in [2.75, 3.05) is 33.7 Å². The number of aliphatic hydroxyl groups excluding tert-OH is 1. The topological polar surface area (TPSA) is 86.6 Å². The maximum absolute atomic E-state index is 12.7. The van der Waals surface area contributed by atoms with E-state index in [-0.39, 0.29) is 34.0 Å². The number of hydrogen-bond donors (Lipinski definition) is 3. The molecule has 1 amide bonds. The minimum absolute atomic E-state index is 0.00619. The number of aliphatic hydroxyl groups is 1. The Labute approximate surface area is 251 Å². The second kappa shape index (κ2) is 14.3. The van der Waals surface area contributed by atoms with Gasteiger partial charge in [0.1, 0.15) is 12.6 Å². The minimum Gasteiger partial charge on any atom is -0.481 e. The average molecular weight is 574 g/mol. The van der Waals surface area contributed by atoms with Gasteiger partial charge in [0.2, 0.25) is 5.91 Å². The third-order valence-electron chi connectivity index (χ3n) is 9.87. The molecule has 41 heavy (non-hydrogen) atoms. The molecule has 0 aliphatic heterocycles. The van der Waals surface area contributed by atoms with Crippen LogP contribution in [-0.2, 0) is 9.59 Å². The lowest BCUT2D eigenvalue weighted by Crippen LogP contribution is -2.44. The van der Waals surface area contributed by atoms with Crippen molar-refractivity contribution in [2.45, 2.75) is 101 Å². The maximum Gasteiger partial charge on any atom is 0.307 e. The summed E-state index contributed by atoms with van der Waals surface area (Å²) < 4.78 is 0.614. The fourth-order valence-electron chi connectivity index (χ4n) is 5.51. The summed E-state index contributed by atoms with van der Waals surface area (Å²) in [5, 5.41) is 23.4. The number of rotatable bonds is 17. The minimum atomic E-state index is -0.958. The first-order valence-electron chi connectivity index (χ1n) is 15.2. The van der Waals surface area contributed by atoms with Crippen LogP contribution in [-0.4, -0.2) is 60.3 Å². The van der Waals surface area contributed by atoms with Crippen molar-refractivity contribution < 1.29 is 24.3 Å². The zero-order chi connectivity index (χ0) is 31.9. The number of amides is 1. The number of carboxylic acid groups (broad SMARTS) is 1. The Morgan fingerprint density at radius 1 is 0.902 bits per heavy atom. The summed E-state index contributed by atoms with van der Waals surface area (Å²) in [6.07, 6.45) is 2.18. The van der Waals surface area contributed by atoms with Crippen LogP contribution in [0.3, 0.4) is 0 Å². The quantitative estimate of drug-likeness (QED) is 0.104. The van der Waals surface area contributed by atoms with Gasteiger partial charge in [-0.25, -0.2) is 0 Å². The van der Waals surface area contributed by atoms with Crippen molar-refractivity contribution in [3.8, 4) is 0 Å². The number of hydrogen-bond acceptors (Lipinski definition) is 3. The Morgan fingerprint density at radius 2 is 1.46 bits per heavy atom. The summed E-state index contributed by atoms with van der Waals surface area (Å²) in [6.45, 7) is 26.7. The van der Waals surface area contributed by atoms with E-state index < -0.39 is 18.0 Å². The van der Waals surface area contributed by atoms with E-state index in [9.17, 15) is 19.8 Å². The molecule has 0 radical (unpaired) electrons. The van der Waals surface area contributed by atoms with Gasteiger partial charge < -0.3 is 20.0 Å². The SMILES string of the molecule is C=C(CC(CC(=O)NCCC[N+](C)(C)CC(O)c1ccccc1)C(=O)O)CC(C)(C)C(C)(C)CC(C)(C)C(C)(C)C. The largest absolute Gasteiger partial charge is 0.481 e. The van der Waals surface area contributed by atoms with Crippen LogP contribution in [0.2, 0.25) is 0 Å². The molecule has 1 aromatic rings. The molecule has 0 heterocycles. The zero-order valence-corrected chi connectivity index (χ0v) is 28.1. The van der Waals surface area contributed by atoms with E-state index in [1.54, 1.807) is 0 Å². The molecule has 1 aromatic carbocycles. The fraction of sp³-hybridized carbons (Fsp3) is 0.714. The second-order valence-electron chi connectivity index (χ2n) is 15.9. The highest BCUT2D eigenvalue weighted by molar-refractivity contribution is 5.82. The van der Waals surface area contributed by atoms with Crippen molar-refractivity contribution in [1.29, 1.82) is 0 Å². The van der Waals surface area contributed by atoms with Gasteiger partial charge in [-0.1, -0.05) is 105 Å². The summed E-state index contributed by atoms with van der Waals surface area (Å²) >= 11 is 0. The lowest BCUT2D eigenvalue weighted by atomic mass is 9.55. The number of carbonyl (C=O) groups is 2. The van der Waals surface area contributed by atoms with Gasteiger partial charge in [0.25, 0.3) is 0 Å². The van der Waals surface area contributed by atoms with E-state index >= 15 is 0 Å². The number of allylic oxidation sites excluding steroid dienone is 1. The monoisotopic (exact) mass is 573 g/mol. The van der Waals surface area contributed by atoms with Gasteiger partial charge in [-0.05, 0) is 46.5 Å². The van der Waals surface area contributed by atoms with Gasteiger partial charge in [-0.2, -0.15) is 0 Å². The van der Waals surface area contributed by atoms with Crippen molar-refractivity contribution >= 4 is 11.9 Å². The summed E-state index contributed by atoms with van der Waals surface area (Å²) in [5.41, 5.74) is 1.99. The van der Waals surface area contributed by atoms with E-state index in [0.717, 1.165) is 30.5 Å². The lowest BCUT2D eigenvalue weighted by molar-refractivity contribution is -0.894. The van der Waals surface area contributed by atoms with Crippen molar-refractivity contribution in [1.82, 2.24) is 5.32 Å². The Morgan fingerprint density at radius 3 is 1.98 bits per heavy atom. The Hall–Kier alpha value is -2.18. The molecule has 6 heteroatoms. The summed E-state index contributed by atoms with van der Waals surface area (Å²) in [5.74, 6) is -1.99. The Kier molecular flexibility index (Phi) is 12.9. The molecule has 0 spiro atoms. The lowest BCUT2D eigenvalue weighted by Gasteiger charge is -2.50. The molecule has 0 aliphatic carbocycles. The van der Waals surface area contributed by atoms with Crippen molar-refractivity contribution in [3.05, 3.63) is 48.0 Å². The number of benzene rings is 1. The standard InChI is InChI=1S/C35H60N2O4/c1-26(23-33(5,6)35(9,10)25-34(7,8)32(2,3)4)21-28(31(40)41)22-30(39)36-19-16-20-37(11,12)24-29(38)27-17-14-13-15-18-27/h13-15,17-18,28-29,38H,1,16,19-25H2,2-12H3,(H-,36,39,40,41)/p+1. The van der Waals surface area contributed by atoms with E-state index in [4.69, 9.17) is 0 Å². The van der Waals surface area contributed by atoms with Gasteiger partial charge >= 0.3 is 5.97 Å². The molecule has 0 saturated carbocycles. The summed E-state index contributed by atoms with van der Waals surface area (Å²) in [7, 11) is 4.12. The van der Waals surface area contributed by atoms with E-state index in [0.29, 0.717) is 30.4 Å². The number of carboxylic acids is 1. The summed E-state index contributed by atoms with van der Waals surface area (Å²) in [6, 6.07) is 9.62. The van der Waals surface area contributed by atoms with Gasteiger partial charge in [0.15, 0.2) is 0 Å². The maximum atomic E-state index is 12.7. The van der Waals surface area contributed by atoms with Gasteiger partial charge in [-0.3, -0.25) is 9.59 Å². The molecule has 3 N–H and O–H groups in total. The van der Waals surface area contributed by atoms with Crippen LogP contribution in [0, 0.1) is 27.6 Å². The van der Waals surface area contributed by atoms with Crippen LogP contribution in [0.4, 0.5) is 0 Å². The molecule has 2 atom stereocenters. The first kappa shape index (κ1) is 36.8. The molecule has 0 bridgehead atoms. The highest BCUT2D eigenvalue weighted by Crippen LogP contribution is 2.54. The predicted octanol–water partition coefficient (Wildman–Crippen LogP) is 7.24. The van der Waals surface area contributed by atoms with Crippen LogP contribution in [0.5, 0.6) is 0 Å². The summed E-state index contributed by atoms with van der Waals surface area (Å²) in [4.78, 5) is 24.7. The normalized spacial score (nSPS) is 14.8. The van der Waals surface area contributed by atoms with Gasteiger partial charge in [0.05, 0.1) is 26.6 Å². The van der Waals surface area contributed by atoms with Crippen LogP contribution >= 0.6 is 0 Å². The number of nitrogens with zero attached hydrogens (tertiary/aromatic N) is 1. The number of nitrogens with one attached hydrogen (secondary N) is 1. The van der Waals surface area contributed by atoms with E-state index in [1.165, 1.54) is 0 Å². The molecule has 6 nitrogen and oxygen atoms in total. The zero-order valence-electron chi connectivity index (χ0n) is 28.1. The smallest absolute Gasteiger partial charge is 0.307 e. The van der Waals surface area contributed by atoms with Crippen LogP contribution < -0.4 is 5.32 Å². The highest BCUT2D eigenvalue weighted by atomic mass is 16.4. The molecule has 0 aliphatic rings. The predicted molar refractivity (Wildman–Crippen MR) is 170 cm³/mol. The molecule has 234 valence electrons. The fourth-order valence-corrected chi connectivity index (χ4v) is 5.51. The molecule has 1 rings (SSSR count). The second-order valence-corrected chi connectivity index (χ2v) is 15.9. The molecule has 0 aromatic heterocycles. The number of carbonyl (C=O) groups excluding carboxylic acids is 1. The molecular formula is C35H61N2O4+. The average Bonchev–Trinajstić information content (AvgIpc) is 2.79. The van der Waals surface area contributed by atoms with Gasteiger partial charge in [-0.15, -0.1) is 0 Å². The van der Waals surface area contributed by atoms with Gasteiger partial charge in [0, 0.05) is 19.4 Å². The third kappa shape index (κ3) is 11.9. The van der Waals surface area contributed by atoms with Crippen molar-refractivity contribution in [2.24, 2.45) is 27.6 Å². The third-order valence-corrected chi connectivity index (χ3v) is 9.87. The van der Waals surface area contributed by atoms with Crippen LogP contribution in [0.25, 0.3) is 0 Å². The molecule has 2 unspecified atom stereocenters. The van der Waals surface area contributed by atoms with E-state index in [1.807, 2.05) is 30.3 Å². The first-order chi connectivity index (χ1) is 18.5. The first-order valence-corrected chi connectivity index (χ1v) is 15.2. The number of aliphatic carboxylic acids is 1. The highest BCUT2D eigenvalue weighted by Gasteiger charge is 2.44. The number of likely N-dealkylation sites (N-methyl/N-ethyl adjacent to an activating group) is 1. The molecular weight excluding hydrogens is 512 g/mol.